The average molecular weight is 1450 g/mol. The summed E-state index contributed by atoms with van der Waals surface area (Å²) in [5.41, 5.74) is 2.37. The Labute approximate surface area is 581 Å². The fraction of sp³-hybridized carbons (Fsp3) is 0.662. The summed E-state index contributed by atoms with van der Waals surface area (Å²) in [5, 5.41) is 11.7. The van der Waals surface area contributed by atoms with Gasteiger partial charge in [-0.15, -0.1) is 0 Å². The number of carbonyl (C=O) groups is 12. The largest absolute Gasteiger partial charge is 0.343 e. The number of amides is 12. The molecule has 24 nitrogen and oxygen atoms in total. The van der Waals surface area contributed by atoms with E-state index in [2.05, 4.69) is 43.9 Å². The lowest BCUT2D eigenvalue weighted by Crippen LogP contribution is -2.65. The van der Waals surface area contributed by atoms with Gasteiger partial charge in [0.25, 0.3) is 0 Å². The molecule has 0 aromatic heterocycles. The quantitative estimate of drug-likeness (QED) is 0.191. The van der Waals surface area contributed by atoms with E-state index < -0.39 is 150 Å². The number of nitrogens with zero attached hydrogens (tertiary/aromatic N) is 8. The standard InChI is InChI=1S/C71H107IN12O12/c1-15-17-25-51-67(92)83-34-22-26-54(83)63(88)75-53(36-43(3)4)66(91)80(13)58(70(95)82-32-19-18-20-33-82)41-60(86)79(12)56(37-44(5)6)64(89)76-61(46(8)16-2)71(96)78(11)47(9)65(90)84-35-31-55(84)69(94)81(14)57(40-48-29-27-45(7)28-30-48)68(93)77(10)42-59(85)73-52(62(87)74-51)39-49-23-21-24-50(72)38-49/h21,23-24,27-30,38,43-44,46-47,51-58,61H,15-20,22,25-26,31-37,39-42H2,1-14H3,(H,73,85)(H,74,87)(H,75,88)(H,76,89)/t46-,47-,51-,52-,53-,54+,55-,56-,57-,58-,61-/m0/s1. The van der Waals surface area contributed by atoms with Crippen LogP contribution in [0.1, 0.15) is 156 Å². The number of nitrogens with one attached hydrogen (secondary N) is 4. The molecule has 4 heterocycles. The third kappa shape index (κ3) is 20.2. The van der Waals surface area contributed by atoms with Gasteiger partial charge in [-0.25, -0.2) is 0 Å². The fourth-order valence-corrected chi connectivity index (χ4v) is 13.8. The van der Waals surface area contributed by atoms with Crippen molar-refractivity contribution in [3.63, 3.8) is 0 Å². The molecule has 96 heavy (non-hydrogen) atoms. The minimum absolute atomic E-state index is 0.00923. The number of carbonyl (C=O) groups excluding carboxylic acids is 12. The van der Waals surface area contributed by atoms with E-state index in [1.165, 1.54) is 76.5 Å². The fourth-order valence-electron chi connectivity index (χ4n) is 13.2. The van der Waals surface area contributed by atoms with Crippen molar-refractivity contribution in [3.8, 4) is 0 Å². The molecule has 12 amide bonds. The zero-order valence-electron chi connectivity index (χ0n) is 59.1. The molecule has 25 heteroatoms. The number of fused-ring (bicyclic) bond motifs is 2. The van der Waals surface area contributed by atoms with E-state index in [0.29, 0.717) is 62.7 Å². The number of unbranched alkanes of at least 4 members (excludes halogenated alkanes) is 1. The van der Waals surface area contributed by atoms with Gasteiger partial charge < -0.3 is 60.5 Å². The number of benzene rings is 2. The van der Waals surface area contributed by atoms with E-state index in [0.717, 1.165) is 15.6 Å². The van der Waals surface area contributed by atoms with Gasteiger partial charge >= 0.3 is 0 Å². The Bertz CT molecular complexity index is 3110. The second-order valence-electron chi connectivity index (χ2n) is 27.9. The third-order valence-corrected chi connectivity index (χ3v) is 20.3. The van der Waals surface area contributed by atoms with Crippen molar-refractivity contribution in [1.82, 2.24) is 60.5 Å². The van der Waals surface area contributed by atoms with Crippen LogP contribution in [-0.2, 0) is 70.4 Å². The monoisotopic (exact) mass is 1450 g/mol. The van der Waals surface area contributed by atoms with Crippen molar-refractivity contribution in [3.05, 3.63) is 68.8 Å². The van der Waals surface area contributed by atoms with Crippen LogP contribution in [0.2, 0.25) is 0 Å². The van der Waals surface area contributed by atoms with Crippen molar-refractivity contribution in [2.45, 2.75) is 219 Å². The highest BCUT2D eigenvalue weighted by atomic mass is 127. The molecule has 0 saturated carbocycles. The molecule has 4 N–H and O–H groups in total. The van der Waals surface area contributed by atoms with Crippen LogP contribution >= 0.6 is 22.6 Å². The minimum Gasteiger partial charge on any atom is -0.343 e. The molecule has 0 radical (unpaired) electrons. The first-order chi connectivity index (χ1) is 45.4. The summed E-state index contributed by atoms with van der Waals surface area (Å²) in [6.45, 7) is 17.1. The van der Waals surface area contributed by atoms with Gasteiger partial charge in [0.05, 0.1) is 13.0 Å². The van der Waals surface area contributed by atoms with Crippen LogP contribution in [0.15, 0.2) is 48.5 Å². The van der Waals surface area contributed by atoms with Crippen molar-refractivity contribution < 1.29 is 57.5 Å². The molecule has 0 unspecified atom stereocenters. The SMILES string of the molecule is CCCC[C@@H]1NC(=O)[C@H](Cc2cccc(I)c2)NC(=O)CN(C)C(=O)[C@H](Cc2ccc(C)cc2)N(C)C(=O)[C@@H]2CCN2C(=O)[C@H](C)N(C)C(=O)[C@H]([C@@H](C)CC)NC(=O)[C@H](CC(C)C)N(C)C(=O)C[C@@H](C(=O)N2CCCCC2)N(C)C(=O)[C@H](CC(C)C)NC(=O)[C@H]2CCCN2C1=O. The molecule has 11 atom stereocenters. The van der Waals surface area contributed by atoms with Crippen molar-refractivity contribution in [2.75, 3.05) is 68.0 Å². The maximum Gasteiger partial charge on any atom is 0.245 e. The summed E-state index contributed by atoms with van der Waals surface area (Å²) in [7, 11) is 7.24. The number of likely N-dealkylation sites (tertiary alicyclic amines) is 1. The number of hydrogen-bond acceptors (Lipinski definition) is 12. The lowest BCUT2D eigenvalue weighted by molar-refractivity contribution is -0.160. The van der Waals surface area contributed by atoms with Gasteiger partial charge in [0.15, 0.2) is 0 Å². The van der Waals surface area contributed by atoms with Gasteiger partial charge in [-0.05, 0) is 135 Å². The zero-order valence-corrected chi connectivity index (χ0v) is 61.3. The number of hydrogen-bond donors (Lipinski definition) is 4. The summed E-state index contributed by atoms with van der Waals surface area (Å²) in [6.07, 6.45) is 4.75. The van der Waals surface area contributed by atoms with E-state index >= 15 is 9.59 Å². The van der Waals surface area contributed by atoms with E-state index in [1.807, 2.05) is 97.0 Å². The van der Waals surface area contributed by atoms with Gasteiger partial charge in [-0.3, -0.25) is 57.5 Å². The predicted octanol–water partition coefficient (Wildman–Crippen LogP) is 4.45. The second kappa shape index (κ2) is 35.9. The van der Waals surface area contributed by atoms with E-state index in [-0.39, 0.29) is 69.9 Å². The van der Waals surface area contributed by atoms with Crippen LogP contribution in [0.5, 0.6) is 0 Å². The third-order valence-electron chi connectivity index (χ3n) is 19.7. The Morgan fingerprint density at radius 2 is 1.22 bits per heavy atom. The number of rotatable bonds is 14. The van der Waals surface area contributed by atoms with Crippen molar-refractivity contribution in [1.29, 1.82) is 0 Å². The molecule has 4 fully saturated rings. The Morgan fingerprint density at radius 1 is 0.573 bits per heavy atom. The molecule has 2 aromatic rings. The molecule has 4 aliphatic heterocycles. The predicted molar refractivity (Wildman–Crippen MR) is 373 cm³/mol. The van der Waals surface area contributed by atoms with Crippen molar-refractivity contribution in [2.24, 2.45) is 17.8 Å². The van der Waals surface area contributed by atoms with Gasteiger partial charge in [0.1, 0.15) is 60.4 Å². The topological polar surface area (TPSA) is 279 Å². The van der Waals surface area contributed by atoms with Crippen molar-refractivity contribution >= 4 is 93.5 Å². The molecule has 6 rings (SSSR count). The number of piperidine rings is 1. The van der Waals surface area contributed by atoms with Gasteiger partial charge in [-0.1, -0.05) is 110 Å². The molecular weight excluding hydrogens is 1340 g/mol. The lowest BCUT2D eigenvalue weighted by atomic mass is 9.95. The highest BCUT2D eigenvalue weighted by Crippen LogP contribution is 2.27. The van der Waals surface area contributed by atoms with E-state index in [1.54, 1.807) is 11.8 Å². The normalized spacial score (nSPS) is 26.5. The minimum atomic E-state index is -1.37. The maximum absolute atomic E-state index is 15.2. The van der Waals surface area contributed by atoms with Gasteiger partial charge in [0.2, 0.25) is 70.9 Å². The first-order valence-electron chi connectivity index (χ1n) is 34.6. The highest BCUT2D eigenvalue weighted by molar-refractivity contribution is 14.1. The smallest absolute Gasteiger partial charge is 0.245 e. The zero-order chi connectivity index (χ0) is 71.0. The molecule has 0 bridgehead atoms. The Kier molecular flexibility index (Phi) is 29.1. The molecule has 0 spiro atoms. The van der Waals surface area contributed by atoms with E-state index in [9.17, 15) is 47.9 Å². The summed E-state index contributed by atoms with van der Waals surface area (Å²) in [4.78, 5) is 189. The Balaban J connectivity index is 1.43. The number of halogens is 1. The van der Waals surface area contributed by atoms with Crippen LogP contribution in [0.4, 0.5) is 0 Å². The van der Waals surface area contributed by atoms with Gasteiger partial charge in [-0.2, -0.15) is 0 Å². The first kappa shape index (κ1) is 77.8. The Morgan fingerprint density at radius 3 is 1.82 bits per heavy atom. The van der Waals surface area contributed by atoms with Crippen LogP contribution in [0.25, 0.3) is 0 Å². The molecule has 4 saturated heterocycles. The highest BCUT2D eigenvalue weighted by Gasteiger charge is 2.47. The van der Waals surface area contributed by atoms with Crippen LogP contribution in [0, 0.1) is 28.2 Å². The molecule has 530 valence electrons. The number of likely N-dealkylation sites (N-methyl/N-ethyl adjacent to an activating group) is 5. The van der Waals surface area contributed by atoms with Crippen LogP contribution in [-0.4, -0.2) is 238 Å². The average Bonchev–Trinajstić information content (AvgIpc) is 0.971. The van der Waals surface area contributed by atoms with Crippen LogP contribution in [0.3, 0.4) is 0 Å². The Hall–Kier alpha value is -7.19. The summed E-state index contributed by atoms with van der Waals surface area (Å²) >= 11 is 2.15. The van der Waals surface area contributed by atoms with Crippen LogP contribution < -0.4 is 21.3 Å². The summed E-state index contributed by atoms with van der Waals surface area (Å²) < 4.78 is 0.866. The maximum atomic E-state index is 15.2. The first-order valence-corrected chi connectivity index (χ1v) is 35.7. The lowest BCUT2D eigenvalue weighted by Gasteiger charge is -2.45. The summed E-state index contributed by atoms with van der Waals surface area (Å²) in [5.74, 6) is -8.04. The molecule has 4 aliphatic rings. The van der Waals surface area contributed by atoms with Gasteiger partial charge in [0, 0.05) is 77.8 Å². The number of aryl methyl sites for hydroxylation is 1. The molecular formula is C71H107IN12O12. The molecule has 0 aliphatic carbocycles. The summed E-state index contributed by atoms with van der Waals surface area (Å²) in [6, 6.07) is 3.02. The second-order valence-corrected chi connectivity index (χ2v) is 29.2. The van der Waals surface area contributed by atoms with E-state index in [4.69, 9.17) is 0 Å². The molecule has 2 aromatic carbocycles.